The Morgan fingerprint density at radius 1 is 1.45 bits per heavy atom. The quantitative estimate of drug-likeness (QED) is 0.829. The molecule has 1 fully saturated rings. The zero-order valence-electron chi connectivity index (χ0n) is 11.6. The van der Waals surface area contributed by atoms with Crippen LogP contribution < -0.4 is 10.5 Å². The number of nitrogens with two attached hydrogens (primary N) is 1. The molecule has 2 rings (SSSR count). The number of rotatable bonds is 4. The van der Waals surface area contributed by atoms with Gasteiger partial charge in [0.2, 0.25) is 0 Å². The van der Waals surface area contributed by atoms with Crippen LogP contribution in [0.1, 0.15) is 49.4 Å². The number of anilines is 1. The summed E-state index contributed by atoms with van der Waals surface area (Å²) in [7, 11) is 0. The summed E-state index contributed by atoms with van der Waals surface area (Å²) in [6.07, 6.45) is 5.37. The molecule has 1 saturated carbocycles. The molecule has 0 aliphatic heterocycles. The monoisotopic (exact) mass is 281 g/mol. The van der Waals surface area contributed by atoms with Gasteiger partial charge in [-0.3, -0.25) is 0 Å². The van der Waals surface area contributed by atoms with Crippen LogP contribution in [0.4, 0.5) is 10.1 Å². The second-order valence-corrected chi connectivity index (χ2v) is 5.28. The fourth-order valence-electron chi connectivity index (χ4n) is 2.80. The molecule has 0 radical (unpaired) electrons. The maximum atomic E-state index is 13.7. The van der Waals surface area contributed by atoms with Crippen LogP contribution in [0.3, 0.4) is 0 Å². The Kier molecular flexibility index (Phi) is 4.47. The number of aromatic carboxylic acids is 1. The molecule has 0 amide bonds. The Morgan fingerprint density at radius 3 is 2.80 bits per heavy atom. The average molecular weight is 281 g/mol. The van der Waals surface area contributed by atoms with Crippen LogP contribution in [0.25, 0.3) is 0 Å². The minimum atomic E-state index is -1.33. The van der Waals surface area contributed by atoms with Crippen LogP contribution >= 0.6 is 0 Å². The number of nitrogen functional groups attached to an aromatic ring is 1. The van der Waals surface area contributed by atoms with Crippen molar-refractivity contribution in [3.63, 3.8) is 0 Å². The molecule has 20 heavy (non-hydrogen) atoms. The average Bonchev–Trinajstić information content (AvgIpc) is 2.42. The number of hydrogen-bond acceptors (Lipinski definition) is 3. The summed E-state index contributed by atoms with van der Waals surface area (Å²) in [6, 6.07) is 2.21. The van der Waals surface area contributed by atoms with Crippen molar-refractivity contribution in [2.24, 2.45) is 5.92 Å². The normalized spacial score (nSPS) is 22.5. The molecule has 1 aromatic rings. The van der Waals surface area contributed by atoms with Gasteiger partial charge < -0.3 is 15.6 Å². The Bertz CT molecular complexity index is 504. The molecule has 110 valence electrons. The van der Waals surface area contributed by atoms with Gasteiger partial charge in [-0.15, -0.1) is 0 Å². The van der Waals surface area contributed by atoms with E-state index >= 15 is 0 Å². The SMILES string of the molecule is CCC1CCCCC1Oc1cc(F)c(C(=O)O)cc1N. The fraction of sp³-hybridized carbons (Fsp3) is 0.533. The number of carbonyl (C=O) groups is 1. The molecular weight excluding hydrogens is 261 g/mol. The van der Waals surface area contributed by atoms with Gasteiger partial charge in [-0.05, 0) is 37.7 Å². The van der Waals surface area contributed by atoms with E-state index in [1.807, 2.05) is 0 Å². The first-order valence-corrected chi connectivity index (χ1v) is 7.02. The minimum Gasteiger partial charge on any atom is -0.488 e. The molecule has 2 atom stereocenters. The van der Waals surface area contributed by atoms with Crippen molar-refractivity contribution >= 4 is 11.7 Å². The first kappa shape index (κ1) is 14.6. The highest BCUT2D eigenvalue weighted by molar-refractivity contribution is 5.89. The smallest absolute Gasteiger partial charge is 0.338 e. The Hall–Kier alpha value is -1.78. The summed E-state index contributed by atoms with van der Waals surface area (Å²) >= 11 is 0. The van der Waals surface area contributed by atoms with Crippen LogP contribution in [-0.2, 0) is 0 Å². The molecule has 1 aliphatic carbocycles. The minimum absolute atomic E-state index is 0.0335. The standard InChI is InChI=1S/C15H20FNO3/c1-2-9-5-3-4-6-13(9)20-14-8-11(16)10(15(18)19)7-12(14)17/h7-9,13H,2-6,17H2,1H3,(H,18,19). The lowest BCUT2D eigenvalue weighted by Gasteiger charge is -2.31. The highest BCUT2D eigenvalue weighted by Crippen LogP contribution is 2.33. The second-order valence-electron chi connectivity index (χ2n) is 5.28. The molecule has 0 heterocycles. The topological polar surface area (TPSA) is 72.5 Å². The molecule has 2 unspecified atom stereocenters. The summed E-state index contributed by atoms with van der Waals surface area (Å²) in [5.41, 5.74) is 5.52. The Balaban J connectivity index is 2.20. The van der Waals surface area contributed by atoms with Crippen LogP contribution in [-0.4, -0.2) is 17.2 Å². The number of benzene rings is 1. The lowest BCUT2D eigenvalue weighted by molar-refractivity contribution is 0.0691. The van der Waals surface area contributed by atoms with E-state index in [9.17, 15) is 9.18 Å². The predicted octanol–water partition coefficient (Wildman–Crippen LogP) is 3.45. The molecule has 1 aromatic carbocycles. The lowest BCUT2D eigenvalue weighted by Crippen LogP contribution is -2.30. The van der Waals surface area contributed by atoms with Gasteiger partial charge in [-0.25, -0.2) is 9.18 Å². The lowest BCUT2D eigenvalue weighted by atomic mass is 9.85. The first-order chi connectivity index (χ1) is 9.52. The molecular formula is C15H20FNO3. The first-order valence-electron chi connectivity index (χ1n) is 7.02. The number of halogens is 1. The highest BCUT2D eigenvalue weighted by Gasteiger charge is 2.26. The zero-order chi connectivity index (χ0) is 14.7. The van der Waals surface area contributed by atoms with Crippen molar-refractivity contribution in [3.05, 3.63) is 23.5 Å². The van der Waals surface area contributed by atoms with E-state index in [-0.39, 0.29) is 17.5 Å². The largest absolute Gasteiger partial charge is 0.488 e. The molecule has 5 heteroatoms. The summed E-state index contributed by atoms with van der Waals surface area (Å²) in [5, 5.41) is 8.85. The van der Waals surface area contributed by atoms with Crippen LogP contribution in [0.2, 0.25) is 0 Å². The maximum absolute atomic E-state index is 13.7. The Labute approximate surface area is 117 Å². The third-order valence-corrected chi connectivity index (χ3v) is 3.97. The molecule has 0 aromatic heterocycles. The van der Waals surface area contributed by atoms with Crippen molar-refractivity contribution in [1.29, 1.82) is 0 Å². The molecule has 0 saturated heterocycles. The van der Waals surface area contributed by atoms with Gasteiger partial charge in [-0.2, -0.15) is 0 Å². The van der Waals surface area contributed by atoms with Crippen LogP contribution in [0, 0.1) is 11.7 Å². The van der Waals surface area contributed by atoms with E-state index in [4.69, 9.17) is 15.6 Å². The summed E-state index contributed by atoms with van der Waals surface area (Å²) < 4.78 is 19.5. The molecule has 0 spiro atoms. The third kappa shape index (κ3) is 3.03. The van der Waals surface area contributed by atoms with Crippen molar-refractivity contribution in [1.82, 2.24) is 0 Å². The van der Waals surface area contributed by atoms with Crippen molar-refractivity contribution in [3.8, 4) is 5.75 Å². The molecule has 1 aliphatic rings. The van der Waals surface area contributed by atoms with E-state index in [1.165, 1.54) is 6.42 Å². The van der Waals surface area contributed by atoms with Gasteiger partial charge in [-0.1, -0.05) is 13.3 Å². The fourth-order valence-corrected chi connectivity index (χ4v) is 2.80. The predicted molar refractivity (Wildman–Crippen MR) is 74.4 cm³/mol. The zero-order valence-corrected chi connectivity index (χ0v) is 11.6. The molecule has 0 bridgehead atoms. The highest BCUT2D eigenvalue weighted by atomic mass is 19.1. The van der Waals surface area contributed by atoms with Crippen molar-refractivity contribution in [2.75, 3.05) is 5.73 Å². The van der Waals surface area contributed by atoms with Crippen LogP contribution in [0.15, 0.2) is 12.1 Å². The summed E-state index contributed by atoms with van der Waals surface area (Å²) in [4.78, 5) is 10.8. The number of carboxylic acid groups (broad SMARTS) is 1. The van der Waals surface area contributed by atoms with Gasteiger partial charge in [0, 0.05) is 6.07 Å². The number of hydrogen-bond donors (Lipinski definition) is 2. The summed E-state index contributed by atoms with van der Waals surface area (Å²) in [6.45, 7) is 2.11. The molecule has 3 N–H and O–H groups in total. The van der Waals surface area contributed by atoms with Gasteiger partial charge in [0.15, 0.2) is 0 Å². The molecule has 4 nitrogen and oxygen atoms in total. The number of ether oxygens (including phenoxy) is 1. The van der Waals surface area contributed by atoms with Gasteiger partial charge >= 0.3 is 5.97 Å². The number of carboxylic acids is 1. The Morgan fingerprint density at radius 2 is 2.15 bits per heavy atom. The maximum Gasteiger partial charge on any atom is 0.338 e. The van der Waals surface area contributed by atoms with Crippen LogP contribution in [0.5, 0.6) is 5.75 Å². The van der Waals surface area contributed by atoms with Gasteiger partial charge in [0.1, 0.15) is 17.7 Å². The van der Waals surface area contributed by atoms with E-state index in [1.54, 1.807) is 0 Å². The van der Waals surface area contributed by atoms with Crippen molar-refractivity contribution < 1.29 is 19.0 Å². The van der Waals surface area contributed by atoms with Crippen molar-refractivity contribution in [2.45, 2.75) is 45.1 Å². The van der Waals surface area contributed by atoms with E-state index < -0.39 is 17.3 Å². The van der Waals surface area contributed by atoms with E-state index in [0.29, 0.717) is 5.92 Å². The third-order valence-electron chi connectivity index (χ3n) is 3.97. The van der Waals surface area contributed by atoms with Gasteiger partial charge in [0.25, 0.3) is 0 Å². The summed E-state index contributed by atoms with van der Waals surface area (Å²) in [5.74, 6) is -1.45. The van der Waals surface area contributed by atoms with Gasteiger partial charge in [0.05, 0.1) is 11.3 Å². The van der Waals surface area contributed by atoms with E-state index in [0.717, 1.165) is 37.8 Å². The second kappa shape index (κ2) is 6.11. The van der Waals surface area contributed by atoms with E-state index in [2.05, 4.69) is 6.92 Å².